The molecular weight excluding hydrogens is 226 g/mol. The van der Waals surface area contributed by atoms with Crippen molar-refractivity contribution in [2.75, 3.05) is 13.7 Å². The molecule has 0 spiro atoms. The molecule has 2 N–H and O–H groups in total. The Morgan fingerprint density at radius 1 is 1.38 bits per heavy atom. The highest BCUT2D eigenvalue weighted by Crippen LogP contribution is 2.39. The zero-order valence-electron chi connectivity index (χ0n) is 8.51. The Morgan fingerprint density at radius 3 is 2.44 bits per heavy atom. The minimum atomic E-state index is -4.59. The van der Waals surface area contributed by atoms with Crippen LogP contribution in [0.15, 0.2) is 18.2 Å². The van der Waals surface area contributed by atoms with Crippen LogP contribution in [0.4, 0.5) is 17.6 Å². The number of nitrogens with two attached hydrogens (primary N) is 1. The lowest BCUT2D eigenvalue weighted by atomic mass is 9.97. The smallest absolute Gasteiger partial charge is 0.397 e. The van der Waals surface area contributed by atoms with E-state index < -0.39 is 30.0 Å². The van der Waals surface area contributed by atoms with E-state index in [-0.39, 0.29) is 5.75 Å². The van der Waals surface area contributed by atoms with E-state index in [1.807, 2.05) is 0 Å². The normalized spacial score (nSPS) is 13.6. The summed E-state index contributed by atoms with van der Waals surface area (Å²) in [5, 5.41) is 0. The third kappa shape index (κ3) is 2.44. The summed E-state index contributed by atoms with van der Waals surface area (Å²) in [5.74, 6) is -3.16. The van der Waals surface area contributed by atoms with E-state index in [0.29, 0.717) is 0 Å². The lowest BCUT2D eigenvalue weighted by Gasteiger charge is -2.21. The van der Waals surface area contributed by atoms with Crippen LogP contribution < -0.4 is 10.5 Å². The monoisotopic (exact) mass is 237 g/mol. The number of hydrogen-bond acceptors (Lipinski definition) is 2. The molecule has 0 heterocycles. The summed E-state index contributed by atoms with van der Waals surface area (Å²) in [4.78, 5) is 0. The van der Waals surface area contributed by atoms with Crippen LogP contribution in [0.2, 0.25) is 0 Å². The Morgan fingerprint density at radius 2 is 2.00 bits per heavy atom. The van der Waals surface area contributed by atoms with E-state index in [1.165, 1.54) is 19.2 Å². The molecule has 2 nitrogen and oxygen atoms in total. The van der Waals surface area contributed by atoms with Crippen LogP contribution in [0.5, 0.6) is 5.75 Å². The van der Waals surface area contributed by atoms with Gasteiger partial charge in [-0.2, -0.15) is 13.2 Å². The van der Waals surface area contributed by atoms with Crippen LogP contribution in [0.3, 0.4) is 0 Å². The lowest BCUT2D eigenvalue weighted by Crippen LogP contribution is -2.29. The molecule has 0 radical (unpaired) electrons. The first-order valence-electron chi connectivity index (χ1n) is 4.51. The van der Waals surface area contributed by atoms with Crippen molar-refractivity contribution in [3.05, 3.63) is 29.6 Å². The van der Waals surface area contributed by atoms with Gasteiger partial charge in [0.1, 0.15) is 11.6 Å². The quantitative estimate of drug-likeness (QED) is 0.819. The molecule has 1 atom stereocenters. The fourth-order valence-electron chi connectivity index (χ4n) is 1.45. The number of rotatable bonds is 3. The number of hydrogen-bond donors (Lipinski definition) is 1. The van der Waals surface area contributed by atoms with Gasteiger partial charge in [0, 0.05) is 12.1 Å². The minimum Gasteiger partial charge on any atom is -0.496 e. The molecule has 1 unspecified atom stereocenters. The van der Waals surface area contributed by atoms with Crippen molar-refractivity contribution in [2.45, 2.75) is 12.1 Å². The van der Waals surface area contributed by atoms with E-state index in [1.54, 1.807) is 0 Å². The van der Waals surface area contributed by atoms with Gasteiger partial charge in [-0.1, -0.05) is 6.07 Å². The van der Waals surface area contributed by atoms with Gasteiger partial charge in [-0.15, -0.1) is 0 Å². The Bertz CT molecular complexity index is 364. The second-order valence-corrected chi connectivity index (χ2v) is 3.19. The molecule has 16 heavy (non-hydrogen) atoms. The molecule has 1 aromatic rings. The second-order valence-electron chi connectivity index (χ2n) is 3.19. The molecule has 6 heteroatoms. The molecular formula is C10H11F4NO. The summed E-state index contributed by atoms with van der Waals surface area (Å²) < 4.78 is 55.9. The van der Waals surface area contributed by atoms with Crippen molar-refractivity contribution in [1.29, 1.82) is 0 Å². The zero-order chi connectivity index (χ0) is 12.3. The summed E-state index contributed by atoms with van der Waals surface area (Å²) in [6.07, 6.45) is -4.59. The minimum absolute atomic E-state index is 0.146. The first-order valence-corrected chi connectivity index (χ1v) is 4.51. The van der Waals surface area contributed by atoms with Gasteiger partial charge in [-0.3, -0.25) is 0 Å². The molecule has 0 aliphatic rings. The Balaban J connectivity index is 3.29. The molecule has 0 aromatic heterocycles. The SMILES string of the molecule is COc1cccc(F)c1C(CN)C(F)(F)F. The second kappa shape index (κ2) is 4.69. The maximum Gasteiger partial charge on any atom is 0.397 e. The number of alkyl halides is 3. The fourth-order valence-corrected chi connectivity index (χ4v) is 1.45. The highest BCUT2D eigenvalue weighted by molar-refractivity contribution is 5.38. The maximum absolute atomic E-state index is 13.4. The third-order valence-electron chi connectivity index (χ3n) is 2.21. The molecule has 0 bridgehead atoms. The Labute approximate surface area is 90.0 Å². The topological polar surface area (TPSA) is 35.2 Å². The molecule has 0 fully saturated rings. The fraction of sp³-hybridized carbons (Fsp3) is 0.400. The molecule has 90 valence electrons. The Hall–Kier alpha value is -1.30. The van der Waals surface area contributed by atoms with Gasteiger partial charge in [0.05, 0.1) is 13.0 Å². The van der Waals surface area contributed by atoms with E-state index >= 15 is 0 Å². The van der Waals surface area contributed by atoms with Crippen molar-refractivity contribution >= 4 is 0 Å². The van der Waals surface area contributed by atoms with Gasteiger partial charge in [0.2, 0.25) is 0 Å². The van der Waals surface area contributed by atoms with Gasteiger partial charge >= 0.3 is 6.18 Å². The van der Waals surface area contributed by atoms with Crippen molar-refractivity contribution in [3.63, 3.8) is 0 Å². The predicted molar refractivity (Wildman–Crippen MR) is 50.8 cm³/mol. The number of methoxy groups -OCH3 is 1. The highest BCUT2D eigenvalue weighted by atomic mass is 19.4. The van der Waals surface area contributed by atoms with Crippen molar-refractivity contribution in [1.82, 2.24) is 0 Å². The standard InChI is InChI=1S/C10H11F4NO/c1-16-8-4-2-3-7(11)9(8)6(5-15)10(12,13)14/h2-4,6H,5,15H2,1H3. The largest absolute Gasteiger partial charge is 0.496 e. The van der Waals surface area contributed by atoms with Crippen LogP contribution >= 0.6 is 0 Å². The van der Waals surface area contributed by atoms with Crippen LogP contribution in [0, 0.1) is 5.82 Å². The maximum atomic E-state index is 13.4. The number of halogens is 4. The molecule has 0 saturated heterocycles. The van der Waals surface area contributed by atoms with Crippen LogP contribution in [0.25, 0.3) is 0 Å². The molecule has 0 saturated carbocycles. The van der Waals surface area contributed by atoms with Crippen LogP contribution in [-0.2, 0) is 0 Å². The van der Waals surface area contributed by atoms with E-state index in [9.17, 15) is 17.6 Å². The molecule has 1 aromatic carbocycles. The Kier molecular flexibility index (Phi) is 3.74. The number of ether oxygens (including phenoxy) is 1. The summed E-state index contributed by atoms with van der Waals surface area (Å²) in [6, 6.07) is 3.50. The van der Waals surface area contributed by atoms with Crippen molar-refractivity contribution in [2.24, 2.45) is 5.73 Å². The molecule has 1 rings (SSSR count). The van der Waals surface area contributed by atoms with Gasteiger partial charge in [0.15, 0.2) is 0 Å². The van der Waals surface area contributed by atoms with E-state index in [4.69, 9.17) is 10.5 Å². The summed E-state index contributed by atoms with van der Waals surface area (Å²) in [7, 11) is 1.18. The average molecular weight is 237 g/mol. The van der Waals surface area contributed by atoms with Gasteiger partial charge in [-0.05, 0) is 12.1 Å². The van der Waals surface area contributed by atoms with E-state index in [2.05, 4.69) is 0 Å². The van der Waals surface area contributed by atoms with Crippen LogP contribution in [-0.4, -0.2) is 19.8 Å². The van der Waals surface area contributed by atoms with E-state index in [0.717, 1.165) is 6.07 Å². The van der Waals surface area contributed by atoms with Gasteiger partial charge in [0.25, 0.3) is 0 Å². The first kappa shape index (κ1) is 12.8. The lowest BCUT2D eigenvalue weighted by molar-refractivity contribution is -0.149. The zero-order valence-corrected chi connectivity index (χ0v) is 8.51. The van der Waals surface area contributed by atoms with Gasteiger partial charge in [-0.25, -0.2) is 4.39 Å². The van der Waals surface area contributed by atoms with Crippen molar-refractivity contribution in [3.8, 4) is 5.75 Å². The molecule has 0 aliphatic heterocycles. The summed E-state index contributed by atoms with van der Waals surface area (Å²) in [5.41, 5.74) is 4.50. The first-order chi connectivity index (χ1) is 7.41. The highest BCUT2D eigenvalue weighted by Gasteiger charge is 2.42. The third-order valence-corrected chi connectivity index (χ3v) is 2.21. The van der Waals surface area contributed by atoms with Crippen LogP contribution in [0.1, 0.15) is 11.5 Å². The predicted octanol–water partition coefficient (Wildman–Crippen LogP) is 2.44. The van der Waals surface area contributed by atoms with Gasteiger partial charge < -0.3 is 10.5 Å². The summed E-state index contributed by atoms with van der Waals surface area (Å²) in [6.45, 7) is -0.721. The molecule has 0 aliphatic carbocycles. The number of benzene rings is 1. The van der Waals surface area contributed by atoms with Crippen molar-refractivity contribution < 1.29 is 22.3 Å². The summed E-state index contributed by atoms with van der Waals surface area (Å²) >= 11 is 0. The molecule has 0 amide bonds. The average Bonchev–Trinajstić information content (AvgIpc) is 2.19.